The summed E-state index contributed by atoms with van der Waals surface area (Å²) in [5.74, 6) is -0.293. The zero-order valence-corrected chi connectivity index (χ0v) is 16.8. The first kappa shape index (κ1) is 22.6. The molecular formula is C19H36BrNO2. The third kappa shape index (κ3) is 14.9. The highest BCUT2D eigenvalue weighted by Gasteiger charge is 2.06. The molecule has 0 aromatic carbocycles. The molecule has 0 N–H and O–H groups in total. The molecule has 0 spiro atoms. The summed E-state index contributed by atoms with van der Waals surface area (Å²) in [6.07, 6.45) is 13.6. The van der Waals surface area contributed by atoms with Gasteiger partial charge in [0.15, 0.2) is 0 Å². The number of halogens is 1. The van der Waals surface area contributed by atoms with Crippen LogP contribution in [-0.2, 0) is 9.53 Å². The minimum atomic E-state index is -0.293. The van der Waals surface area contributed by atoms with Gasteiger partial charge in [-0.3, -0.25) is 4.90 Å². The number of carbonyl (C=O) groups is 1. The molecule has 0 aliphatic heterocycles. The van der Waals surface area contributed by atoms with Gasteiger partial charge >= 0.3 is 5.97 Å². The van der Waals surface area contributed by atoms with Gasteiger partial charge in [0.2, 0.25) is 0 Å². The van der Waals surface area contributed by atoms with Gasteiger partial charge in [-0.15, -0.1) is 0 Å². The number of rotatable bonds is 16. The van der Waals surface area contributed by atoms with Gasteiger partial charge in [-0.25, -0.2) is 4.79 Å². The molecule has 0 unspecified atom stereocenters. The Morgan fingerprint density at radius 3 is 1.96 bits per heavy atom. The van der Waals surface area contributed by atoms with Crippen molar-refractivity contribution in [2.24, 2.45) is 0 Å². The first-order valence-electron chi connectivity index (χ1n) is 9.22. The zero-order chi connectivity index (χ0) is 17.3. The number of esters is 1. The predicted octanol–water partition coefficient (Wildman–Crippen LogP) is 5.68. The minimum Gasteiger partial charge on any atom is -0.461 e. The smallest absolute Gasteiger partial charge is 0.333 e. The molecule has 3 nitrogen and oxygen atoms in total. The van der Waals surface area contributed by atoms with Crippen LogP contribution in [0.25, 0.3) is 0 Å². The van der Waals surface area contributed by atoms with Crippen LogP contribution in [0.2, 0.25) is 0 Å². The van der Waals surface area contributed by atoms with Crippen molar-refractivity contribution in [3.63, 3.8) is 0 Å². The summed E-state index contributed by atoms with van der Waals surface area (Å²) in [6, 6.07) is 0. The summed E-state index contributed by atoms with van der Waals surface area (Å²) in [6.45, 7) is 9.80. The fourth-order valence-corrected chi connectivity index (χ4v) is 2.95. The molecule has 0 saturated carbocycles. The van der Waals surface area contributed by atoms with Gasteiger partial charge in [0.1, 0.15) is 6.61 Å². The van der Waals surface area contributed by atoms with E-state index in [4.69, 9.17) is 4.74 Å². The molecular weight excluding hydrogens is 354 g/mol. The van der Waals surface area contributed by atoms with Gasteiger partial charge in [-0.05, 0) is 19.9 Å². The van der Waals surface area contributed by atoms with E-state index in [1.165, 1.54) is 64.2 Å². The maximum atomic E-state index is 11.3. The van der Waals surface area contributed by atoms with Crippen LogP contribution in [-0.4, -0.2) is 36.0 Å². The van der Waals surface area contributed by atoms with Gasteiger partial charge in [0.05, 0.1) is 5.45 Å². The van der Waals surface area contributed by atoms with Crippen LogP contribution >= 0.6 is 15.9 Å². The number of alkyl halides is 1. The molecule has 0 aliphatic carbocycles. The second kappa shape index (κ2) is 16.5. The highest BCUT2D eigenvalue weighted by Crippen LogP contribution is 2.11. The molecule has 0 aromatic heterocycles. The molecule has 0 amide bonds. The summed E-state index contributed by atoms with van der Waals surface area (Å²) >= 11 is 3.50. The number of hydrogen-bond donors (Lipinski definition) is 0. The van der Waals surface area contributed by atoms with Gasteiger partial charge in [0, 0.05) is 12.1 Å². The second-order valence-corrected chi connectivity index (χ2v) is 6.84. The van der Waals surface area contributed by atoms with Gasteiger partial charge in [-0.1, -0.05) is 87.2 Å². The van der Waals surface area contributed by atoms with Crippen molar-refractivity contribution >= 4 is 21.9 Å². The van der Waals surface area contributed by atoms with E-state index in [0.717, 1.165) is 18.5 Å². The molecule has 0 heterocycles. The molecule has 0 fully saturated rings. The largest absolute Gasteiger partial charge is 0.461 e. The first-order chi connectivity index (χ1) is 11.1. The maximum absolute atomic E-state index is 11.3. The van der Waals surface area contributed by atoms with Crippen LogP contribution < -0.4 is 0 Å². The Kier molecular flexibility index (Phi) is 16.3. The van der Waals surface area contributed by atoms with E-state index < -0.39 is 0 Å². The summed E-state index contributed by atoms with van der Waals surface area (Å²) in [7, 11) is 0. The standard InChI is InChI=1S/C19H36BrNO2/c1-4-5-6-7-8-9-10-11-12-13-14-21(17-20)15-16-23-19(22)18(2)3/h2,4-17H2,1,3H3. The van der Waals surface area contributed by atoms with Crippen LogP contribution in [0, 0.1) is 0 Å². The van der Waals surface area contributed by atoms with Crippen LogP contribution in [0.3, 0.4) is 0 Å². The lowest BCUT2D eigenvalue weighted by Gasteiger charge is -2.19. The molecule has 0 aliphatic rings. The fraction of sp³-hybridized carbons (Fsp3) is 0.842. The van der Waals surface area contributed by atoms with Crippen molar-refractivity contribution in [2.75, 3.05) is 25.2 Å². The van der Waals surface area contributed by atoms with Gasteiger partial charge in [-0.2, -0.15) is 0 Å². The topological polar surface area (TPSA) is 29.5 Å². The highest BCUT2D eigenvalue weighted by molar-refractivity contribution is 9.09. The molecule has 0 bridgehead atoms. The van der Waals surface area contributed by atoms with Gasteiger partial charge < -0.3 is 4.74 Å². The minimum absolute atomic E-state index is 0.293. The van der Waals surface area contributed by atoms with E-state index in [2.05, 4.69) is 34.3 Å². The van der Waals surface area contributed by atoms with Crippen LogP contribution in [0.15, 0.2) is 12.2 Å². The number of hydrogen-bond acceptors (Lipinski definition) is 3. The summed E-state index contributed by atoms with van der Waals surface area (Å²) in [5, 5.41) is 0. The SMILES string of the molecule is C=C(C)C(=O)OCCN(CBr)CCCCCCCCCCCC. The van der Waals surface area contributed by atoms with E-state index in [1.54, 1.807) is 6.92 Å². The third-order valence-electron chi connectivity index (χ3n) is 3.99. The molecule has 0 radical (unpaired) electrons. The predicted molar refractivity (Wildman–Crippen MR) is 103 cm³/mol. The zero-order valence-electron chi connectivity index (χ0n) is 15.2. The Balaban J connectivity index is 3.43. The van der Waals surface area contributed by atoms with E-state index in [1.807, 2.05) is 0 Å². The Bertz CT molecular complexity index is 308. The lowest BCUT2D eigenvalue weighted by atomic mass is 10.1. The lowest BCUT2D eigenvalue weighted by Crippen LogP contribution is -2.28. The van der Waals surface area contributed by atoms with Crippen LogP contribution in [0.1, 0.15) is 78.1 Å². The average Bonchev–Trinajstić information content (AvgIpc) is 2.54. The number of ether oxygens (including phenoxy) is 1. The average molecular weight is 390 g/mol. The molecule has 4 heteroatoms. The summed E-state index contributed by atoms with van der Waals surface area (Å²) in [5.41, 5.74) is 1.29. The van der Waals surface area contributed by atoms with Crippen molar-refractivity contribution in [2.45, 2.75) is 78.1 Å². The molecule has 0 saturated heterocycles. The van der Waals surface area contributed by atoms with Crippen molar-refractivity contribution in [1.82, 2.24) is 4.90 Å². The Morgan fingerprint density at radius 1 is 0.957 bits per heavy atom. The first-order valence-corrected chi connectivity index (χ1v) is 10.3. The van der Waals surface area contributed by atoms with Crippen LogP contribution in [0.4, 0.5) is 0 Å². The van der Waals surface area contributed by atoms with Crippen molar-refractivity contribution in [1.29, 1.82) is 0 Å². The second-order valence-electron chi connectivity index (χ2n) is 6.34. The van der Waals surface area contributed by atoms with Crippen molar-refractivity contribution < 1.29 is 9.53 Å². The van der Waals surface area contributed by atoms with Gasteiger partial charge in [0.25, 0.3) is 0 Å². The third-order valence-corrected chi connectivity index (χ3v) is 4.70. The number of nitrogens with zero attached hydrogens (tertiary/aromatic N) is 1. The molecule has 0 rings (SSSR count). The molecule has 136 valence electrons. The normalized spacial score (nSPS) is 11.0. The quantitative estimate of drug-likeness (QED) is 0.112. The van der Waals surface area contributed by atoms with E-state index in [0.29, 0.717) is 12.2 Å². The lowest BCUT2D eigenvalue weighted by molar-refractivity contribution is -0.139. The Hall–Kier alpha value is -0.350. The fourth-order valence-electron chi connectivity index (χ4n) is 2.44. The highest BCUT2D eigenvalue weighted by atomic mass is 79.9. The molecule has 0 aromatic rings. The van der Waals surface area contributed by atoms with E-state index in [9.17, 15) is 4.79 Å². The molecule has 23 heavy (non-hydrogen) atoms. The monoisotopic (exact) mass is 389 g/mol. The van der Waals surface area contributed by atoms with E-state index >= 15 is 0 Å². The molecule has 0 atom stereocenters. The van der Waals surface area contributed by atoms with Crippen molar-refractivity contribution in [3.05, 3.63) is 12.2 Å². The number of carbonyl (C=O) groups excluding carboxylic acids is 1. The number of unbranched alkanes of at least 4 members (excludes halogenated alkanes) is 9. The summed E-state index contributed by atoms with van der Waals surface area (Å²) < 4.78 is 5.13. The van der Waals surface area contributed by atoms with Crippen molar-refractivity contribution in [3.8, 4) is 0 Å². The van der Waals surface area contributed by atoms with Crippen LogP contribution in [0.5, 0.6) is 0 Å². The van der Waals surface area contributed by atoms with E-state index in [-0.39, 0.29) is 5.97 Å². The summed E-state index contributed by atoms with van der Waals surface area (Å²) in [4.78, 5) is 13.6. The maximum Gasteiger partial charge on any atom is 0.333 e. The Morgan fingerprint density at radius 2 is 1.48 bits per heavy atom. The Labute approximate surface area is 152 Å².